The molecule has 0 aliphatic carbocycles. The zero-order chi connectivity index (χ0) is 15.2. The van der Waals surface area contributed by atoms with E-state index in [1.165, 1.54) is 0 Å². The molecule has 0 fully saturated rings. The number of halogens is 1. The van der Waals surface area contributed by atoms with Gasteiger partial charge in [-0.05, 0) is 36.8 Å². The maximum Gasteiger partial charge on any atom is 0.140 e. The van der Waals surface area contributed by atoms with Crippen molar-refractivity contribution in [1.29, 1.82) is 0 Å². The molecule has 0 amide bonds. The number of nitrogens with one attached hydrogen (secondary N) is 1. The minimum Gasteiger partial charge on any atom is -0.397 e. The van der Waals surface area contributed by atoms with E-state index in [1.807, 2.05) is 24.3 Å². The van der Waals surface area contributed by atoms with Gasteiger partial charge in [0.05, 0.1) is 11.0 Å². The van der Waals surface area contributed by atoms with Gasteiger partial charge in [0.25, 0.3) is 0 Å². The van der Waals surface area contributed by atoms with Crippen LogP contribution >= 0.6 is 11.6 Å². The van der Waals surface area contributed by atoms with E-state index in [0.29, 0.717) is 10.8 Å². The zero-order valence-corrected chi connectivity index (χ0v) is 12.4. The van der Waals surface area contributed by atoms with Gasteiger partial charge in [0.2, 0.25) is 0 Å². The fraction of sp³-hybridized carbons (Fsp3) is 0.188. The van der Waals surface area contributed by atoms with Crippen molar-refractivity contribution in [2.24, 2.45) is 0 Å². The van der Waals surface area contributed by atoms with Crippen LogP contribution in [0.5, 0.6) is 0 Å². The number of benzene rings is 2. The number of hydrogen-bond acceptors (Lipinski definition) is 3. The SMILES string of the molecule is CCO.OC(c1ccc(Cl)cc1)c1nc2ccccc2[nH]1. The van der Waals surface area contributed by atoms with Crippen LogP contribution in [0.25, 0.3) is 11.0 Å². The van der Waals surface area contributed by atoms with Crippen molar-refractivity contribution in [3.05, 3.63) is 64.9 Å². The highest BCUT2D eigenvalue weighted by Crippen LogP contribution is 2.23. The Morgan fingerprint density at radius 3 is 2.38 bits per heavy atom. The number of aromatic amines is 1. The fourth-order valence-electron chi connectivity index (χ4n) is 1.90. The normalized spacial score (nSPS) is 11.8. The lowest BCUT2D eigenvalue weighted by Crippen LogP contribution is -2.01. The Labute approximate surface area is 128 Å². The summed E-state index contributed by atoms with van der Waals surface area (Å²) in [5.74, 6) is 0.540. The molecule has 0 spiro atoms. The Morgan fingerprint density at radius 1 is 1.14 bits per heavy atom. The van der Waals surface area contributed by atoms with Crippen LogP contribution in [0, 0.1) is 0 Å². The Bertz CT molecular complexity index is 662. The maximum absolute atomic E-state index is 10.2. The third-order valence-corrected chi connectivity index (χ3v) is 3.10. The smallest absolute Gasteiger partial charge is 0.140 e. The van der Waals surface area contributed by atoms with Gasteiger partial charge in [-0.25, -0.2) is 4.98 Å². The van der Waals surface area contributed by atoms with Gasteiger partial charge in [-0.1, -0.05) is 35.9 Å². The van der Waals surface area contributed by atoms with Crippen LogP contribution in [0.2, 0.25) is 5.02 Å². The molecule has 0 saturated carbocycles. The molecule has 21 heavy (non-hydrogen) atoms. The lowest BCUT2D eigenvalue weighted by atomic mass is 10.1. The zero-order valence-electron chi connectivity index (χ0n) is 11.6. The molecule has 1 heterocycles. The molecule has 4 nitrogen and oxygen atoms in total. The third-order valence-electron chi connectivity index (χ3n) is 2.85. The minimum absolute atomic E-state index is 0.250. The first-order valence-corrected chi connectivity index (χ1v) is 7.02. The number of imidazole rings is 1. The van der Waals surface area contributed by atoms with Crippen molar-refractivity contribution in [1.82, 2.24) is 9.97 Å². The van der Waals surface area contributed by atoms with Crippen LogP contribution in [-0.4, -0.2) is 26.8 Å². The molecule has 3 aromatic rings. The van der Waals surface area contributed by atoms with Gasteiger partial charge in [-0.2, -0.15) is 0 Å². The monoisotopic (exact) mass is 304 g/mol. The number of fused-ring (bicyclic) bond motifs is 1. The van der Waals surface area contributed by atoms with E-state index < -0.39 is 6.10 Å². The maximum atomic E-state index is 10.2. The van der Waals surface area contributed by atoms with Crippen LogP contribution in [0.1, 0.15) is 24.4 Å². The van der Waals surface area contributed by atoms with E-state index in [4.69, 9.17) is 16.7 Å². The van der Waals surface area contributed by atoms with Gasteiger partial charge in [0.1, 0.15) is 11.9 Å². The van der Waals surface area contributed by atoms with E-state index in [9.17, 15) is 5.11 Å². The van der Waals surface area contributed by atoms with Crippen molar-refractivity contribution in [2.45, 2.75) is 13.0 Å². The molecule has 0 bridgehead atoms. The second-order valence-electron chi connectivity index (χ2n) is 4.41. The number of nitrogens with zero attached hydrogens (tertiary/aromatic N) is 1. The van der Waals surface area contributed by atoms with E-state index in [0.717, 1.165) is 16.6 Å². The Kier molecular flexibility index (Phi) is 5.33. The Balaban J connectivity index is 0.000000497. The van der Waals surface area contributed by atoms with Crippen LogP contribution < -0.4 is 0 Å². The molecule has 5 heteroatoms. The van der Waals surface area contributed by atoms with E-state index in [2.05, 4.69) is 9.97 Å². The molecule has 1 aromatic heterocycles. The average Bonchev–Trinajstić information content (AvgIpc) is 2.92. The number of aromatic nitrogens is 2. The highest BCUT2D eigenvalue weighted by molar-refractivity contribution is 6.30. The summed E-state index contributed by atoms with van der Waals surface area (Å²) >= 11 is 5.82. The van der Waals surface area contributed by atoms with Crippen molar-refractivity contribution >= 4 is 22.6 Å². The van der Waals surface area contributed by atoms with Gasteiger partial charge < -0.3 is 15.2 Å². The molecule has 1 atom stereocenters. The number of hydrogen-bond donors (Lipinski definition) is 3. The number of rotatable bonds is 2. The first-order valence-electron chi connectivity index (χ1n) is 6.64. The summed E-state index contributed by atoms with van der Waals surface area (Å²) in [6.07, 6.45) is -0.769. The fourth-order valence-corrected chi connectivity index (χ4v) is 2.03. The summed E-state index contributed by atoms with van der Waals surface area (Å²) in [6, 6.07) is 14.8. The predicted molar refractivity (Wildman–Crippen MR) is 84.4 cm³/mol. The van der Waals surface area contributed by atoms with E-state index >= 15 is 0 Å². The number of aliphatic hydroxyl groups is 2. The molecule has 3 N–H and O–H groups in total. The van der Waals surface area contributed by atoms with Crippen molar-refractivity contribution in [2.75, 3.05) is 6.61 Å². The minimum atomic E-state index is -0.769. The molecule has 0 aliphatic rings. The highest BCUT2D eigenvalue weighted by atomic mass is 35.5. The standard InChI is InChI=1S/C14H11ClN2O.C2H6O/c15-10-7-5-9(6-8-10)13(18)14-16-11-3-1-2-4-12(11)17-14;1-2-3/h1-8,13,18H,(H,16,17);3H,2H2,1H3. The van der Waals surface area contributed by atoms with E-state index in [1.54, 1.807) is 31.2 Å². The first-order chi connectivity index (χ1) is 10.2. The van der Waals surface area contributed by atoms with Crippen LogP contribution in [0.15, 0.2) is 48.5 Å². The first kappa shape index (κ1) is 15.5. The molecule has 0 aliphatic heterocycles. The van der Waals surface area contributed by atoms with Crippen molar-refractivity contribution in [3.8, 4) is 0 Å². The van der Waals surface area contributed by atoms with Gasteiger partial charge >= 0.3 is 0 Å². The van der Waals surface area contributed by atoms with Gasteiger partial charge in [-0.3, -0.25) is 0 Å². The van der Waals surface area contributed by atoms with E-state index in [-0.39, 0.29) is 6.61 Å². The summed E-state index contributed by atoms with van der Waals surface area (Å²) in [6.45, 7) is 1.93. The molecule has 2 aromatic carbocycles. The summed E-state index contributed by atoms with van der Waals surface area (Å²) < 4.78 is 0. The van der Waals surface area contributed by atoms with Gasteiger partial charge in [0, 0.05) is 11.6 Å². The van der Waals surface area contributed by atoms with Crippen LogP contribution in [-0.2, 0) is 0 Å². The number of H-pyrrole nitrogens is 1. The lowest BCUT2D eigenvalue weighted by molar-refractivity contribution is 0.211. The number of aliphatic hydroxyl groups excluding tert-OH is 2. The summed E-state index contributed by atoms with van der Waals surface area (Å²) in [4.78, 5) is 7.49. The van der Waals surface area contributed by atoms with Crippen LogP contribution in [0.4, 0.5) is 0 Å². The Morgan fingerprint density at radius 2 is 1.76 bits per heavy atom. The van der Waals surface area contributed by atoms with Crippen molar-refractivity contribution < 1.29 is 10.2 Å². The second kappa shape index (κ2) is 7.22. The third kappa shape index (κ3) is 3.82. The summed E-state index contributed by atoms with van der Waals surface area (Å²) in [5.41, 5.74) is 2.53. The summed E-state index contributed by atoms with van der Waals surface area (Å²) in [5, 5.41) is 18.5. The largest absolute Gasteiger partial charge is 0.397 e. The summed E-state index contributed by atoms with van der Waals surface area (Å²) in [7, 11) is 0. The molecule has 1 unspecified atom stereocenters. The highest BCUT2D eigenvalue weighted by Gasteiger charge is 2.14. The van der Waals surface area contributed by atoms with Crippen molar-refractivity contribution in [3.63, 3.8) is 0 Å². The van der Waals surface area contributed by atoms with Crippen LogP contribution in [0.3, 0.4) is 0 Å². The molecule has 0 radical (unpaired) electrons. The number of para-hydroxylation sites is 2. The molecule has 110 valence electrons. The molecular weight excluding hydrogens is 288 g/mol. The Hall–Kier alpha value is -1.88. The average molecular weight is 305 g/mol. The predicted octanol–water partition coefficient (Wildman–Crippen LogP) is 3.30. The topological polar surface area (TPSA) is 69.1 Å². The molecular formula is C16H17ClN2O2. The van der Waals surface area contributed by atoms with Gasteiger partial charge in [-0.15, -0.1) is 0 Å². The lowest BCUT2D eigenvalue weighted by Gasteiger charge is -2.07. The molecule has 3 rings (SSSR count). The quantitative estimate of drug-likeness (QED) is 0.680. The second-order valence-corrected chi connectivity index (χ2v) is 4.85. The van der Waals surface area contributed by atoms with Gasteiger partial charge in [0.15, 0.2) is 0 Å². The molecule has 0 saturated heterocycles.